The van der Waals surface area contributed by atoms with Crippen molar-refractivity contribution in [1.29, 1.82) is 0 Å². The van der Waals surface area contributed by atoms with E-state index in [0.717, 1.165) is 12.8 Å². The van der Waals surface area contributed by atoms with E-state index in [2.05, 4.69) is 9.97 Å². The lowest BCUT2D eigenvalue weighted by molar-refractivity contribution is 0.124. The predicted octanol–water partition coefficient (Wildman–Crippen LogP) is 1.72. The van der Waals surface area contributed by atoms with Crippen LogP contribution in [0.3, 0.4) is 0 Å². The van der Waals surface area contributed by atoms with Gasteiger partial charge in [-0.1, -0.05) is 12.1 Å². The minimum absolute atomic E-state index is 0.174. The maximum atomic E-state index is 12.9. The average Bonchev–Trinajstić information content (AvgIpc) is 2.63. The fourth-order valence-electron chi connectivity index (χ4n) is 2.71. The molecule has 1 atom stereocenters. The molecule has 1 aromatic carbocycles. The second kappa shape index (κ2) is 7.14. The molecule has 2 heterocycles. The molecule has 8 heteroatoms. The Morgan fingerprint density at radius 3 is 2.83 bits per heavy atom. The van der Waals surface area contributed by atoms with Gasteiger partial charge in [-0.05, 0) is 25.0 Å². The van der Waals surface area contributed by atoms with Crippen LogP contribution in [0.1, 0.15) is 12.8 Å². The highest BCUT2D eigenvalue weighted by molar-refractivity contribution is 7.89. The third-order valence-corrected chi connectivity index (χ3v) is 5.76. The Balaban J connectivity index is 1.78. The molecule has 3 rings (SSSR count). The van der Waals surface area contributed by atoms with Crippen molar-refractivity contribution in [2.24, 2.45) is 0 Å². The van der Waals surface area contributed by atoms with Crippen LogP contribution < -0.4 is 9.47 Å². The van der Waals surface area contributed by atoms with Crippen molar-refractivity contribution in [1.82, 2.24) is 14.3 Å². The number of rotatable bonds is 5. The number of aromatic nitrogens is 2. The van der Waals surface area contributed by atoms with Crippen LogP contribution in [-0.4, -0.2) is 49.0 Å². The van der Waals surface area contributed by atoms with Gasteiger partial charge in [0, 0.05) is 18.9 Å². The van der Waals surface area contributed by atoms with Gasteiger partial charge in [-0.3, -0.25) is 4.98 Å². The zero-order valence-corrected chi connectivity index (χ0v) is 14.1. The van der Waals surface area contributed by atoms with Crippen LogP contribution in [0.25, 0.3) is 0 Å². The molecule has 1 aliphatic heterocycles. The smallest absolute Gasteiger partial charge is 0.246 e. The van der Waals surface area contributed by atoms with Crippen LogP contribution in [0.2, 0.25) is 0 Å². The van der Waals surface area contributed by atoms with Crippen LogP contribution >= 0.6 is 0 Å². The van der Waals surface area contributed by atoms with Gasteiger partial charge in [0.25, 0.3) is 0 Å². The van der Waals surface area contributed by atoms with E-state index in [0.29, 0.717) is 18.2 Å². The summed E-state index contributed by atoms with van der Waals surface area (Å²) in [6.07, 6.45) is 5.87. The van der Waals surface area contributed by atoms with Gasteiger partial charge in [0.2, 0.25) is 15.9 Å². The Hall–Kier alpha value is -2.19. The number of hydrogen-bond donors (Lipinski definition) is 0. The zero-order valence-electron chi connectivity index (χ0n) is 13.3. The second-order valence-electron chi connectivity index (χ2n) is 5.44. The highest BCUT2D eigenvalue weighted by Crippen LogP contribution is 2.28. The van der Waals surface area contributed by atoms with Crippen LogP contribution in [-0.2, 0) is 10.0 Å². The quantitative estimate of drug-likeness (QED) is 0.817. The van der Waals surface area contributed by atoms with Crippen molar-refractivity contribution in [2.75, 3.05) is 20.2 Å². The molecule has 1 aromatic heterocycles. The molecule has 0 spiro atoms. The van der Waals surface area contributed by atoms with Crippen LogP contribution in [0.4, 0.5) is 0 Å². The third-order valence-electron chi connectivity index (χ3n) is 3.85. The van der Waals surface area contributed by atoms with Crippen LogP contribution in [0.15, 0.2) is 47.8 Å². The van der Waals surface area contributed by atoms with Crippen LogP contribution in [0.5, 0.6) is 11.6 Å². The number of sulfonamides is 1. The Bertz CT molecular complexity index is 783. The average molecular weight is 349 g/mol. The van der Waals surface area contributed by atoms with Crippen molar-refractivity contribution in [3.8, 4) is 11.6 Å². The molecule has 0 bridgehead atoms. The third kappa shape index (κ3) is 3.49. The van der Waals surface area contributed by atoms with E-state index in [1.54, 1.807) is 36.7 Å². The molecular formula is C16H19N3O4S. The van der Waals surface area contributed by atoms with Crippen molar-refractivity contribution in [3.63, 3.8) is 0 Å². The van der Waals surface area contributed by atoms with Gasteiger partial charge < -0.3 is 9.47 Å². The fourth-order valence-corrected chi connectivity index (χ4v) is 4.37. The molecule has 1 saturated heterocycles. The van der Waals surface area contributed by atoms with Gasteiger partial charge in [0.1, 0.15) is 16.7 Å². The summed E-state index contributed by atoms with van der Waals surface area (Å²) in [7, 11) is -2.17. The van der Waals surface area contributed by atoms with E-state index in [1.807, 2.05) is 0 Å². The minimum Gasteiger partial charge on any atom is -0.495 e. The van der Waals surface area contributed by atoms with Crippen molar-refractivity contribution >= 4 is 10.0 Å². The second-order valence-corrected chi connectivity index (χ2v) is 7.35. The van der Waals surface area contributed by atoms with Gasteiger partial charge in [-0.25, -0.2) is 13.4 Å². The molecule has 7 nitrogen and oxygen atoms in total. The summed E-state index contributed by atoms with van der Waals surface area (Å²) in [6.45, 7) is 0.734. The number of methoxy groups -OCH3 is 1. The molecule has 0 aliphatic carbocycles. The Morgan fingerprint density at radius 2 is 2.08 bits per heavy atom. The highest BCUT2D eigenvalue weighted by Gasteiger charge is 2.33. The molecule has 1 aliphatic rings. The minimum atomic E-state index is -3.64. The first kappa shape index (κ1) is 16.7. The van der Waals surface area contributed by atoms with Gasteiger partial charge in [-0.15, -0.1) is 0 Å². The van der Waals surface area contributed by atoms with E-state index >= 15 is 0 Å². The maximum absolute atomic E-state index is 12.9. The largest absolute Gasteiger partial charge is 0.495 e. The molecule has 0 saturated carbocycles. The van der Waals surface area contributed by atoms with Crippen molar-refractivity contribution in [2.45, 2.75) is 23.8 Å². The number of hydrogen-bond acceptors (Lipinski definition) is 6. The fraction of sp³-hybridized carbons (Fsp3) is 0.375. The zero-order chi connectivity index (χ0) is 17.0. The summed E-state index contributed by atoms with van der Waals surface area (Å²) < 4.78 is 38.2. The standard InChI is InChI=1S/C16H19N3O4S/c1-22-14-6-2-3-7-15(14)24(20,21)19-10-4-5-13(12-19)23-16-11-17-8-9-18-16/h2-3,6-9,11,13H,4-5,10,12H2,1H3/t13-/m1/s1. The number of para-hydroxylation sites is 1. The summed E-state index contributed by atoms with van der Waals surface area (Å²) in [5.74, 6) is 0.744. The van der Waals surface area contributed by atoms with Crippen molar-refractivity contribution < 1.29 is 17.9 Å². The topological polar surface area (TPSA) is 81.6 Å². The summed E-state index contributed by atoms with van der Waals surface area (Å²) >= 11 is 0. The molecule has 1 fully saturated rings. The Kier molecular flexibility index (Phi) is 4.96. The molecule has 0 amide bonds. The van der Waals surface area contributed by atoms with E-state index in [-0.39, 0.29) is 17.5 Å². The molecule has 0 N–H and O–H groups in total. The van der Waals surface area contributed by atoms with Gasteiger partial charge in [0.05, 0.1) is 19.9 Å². The first-order valence-electron chi connectivity index (χ1n) is 7.67. The maximum Gasteiger partial charge on any atom is 0.246 e. The Labute approximate surface area is 141 Å². The number of piperidine rings is 1. The normalized spacial score (nSPS) is 19.0. The number of benzene rings is 1. The lowest BCUT2D eigenvalue weighted by Crippen LogP contribution is -2.44. The van der Waals surface area contributed by atoms with Gasteiger partial charge in [0.15, 0.2) is 0 Å². The molecule has 0 unspecified atom stereocenters. The number of ether oxygens (including phenoxy) is 2. The SMILES string of the molecule is COc1ccccc1S(=O)(=O)N1CCC[C@@H](Oc2cnccn2)C1. The Morgan fingerprint density at radius 1 is 1.25 bits per heavy atom. The summed E-state index contributed by atoms with van der Waals surface area (Å²) in [5.41, 5.74) is 0. The lowest BCUT2D eigenvalue weighted by Gasteiger charge is -2.32. The van der Waals surface area contributed by atoms with Gasteiger partial charge in [-0.2, -0.15) is 4.31 Å². The first-order chi connectivity index (χ1) is 11.6. The molecule has 2 aromatic rings. The van der Waals surface area contributed by atoms with Crippen molar-refractivity contribution in [3.05, 3.63) is 42.9 Å². The molecule has 0 radical (unpaired) electrons. The van der Waals surface area contributed by atoms with E-state index < -0.39 is 10.0 Å². The van der Waals surface area contributed by atoms with Gasteiger partial charge >= 0.3 is 0 Å². The van der Waals surface area contributed by atoms with E-state index in [1.165, 1.54) is 17.6 Å². The predicted molar refractivity (Wildman–Crippen MR) is 87.4 cm³/mol. The monoisotopic (exact) mass is 349 g/mol. The summed E-state index contributed by atoms with van der Waals surface area (Å²) in [4.78, 5) is 8.20. The van der Waals surface area contributed by atoms with Crippen LogP contribution in [0, 0.1) is 0 Å². The summed E-state index contributed by atoms with van der Waals surface area (Å²) in [6, 6.07) is 6.63. The summed E-state index contributed by atoms with van der Waals surface area (Å²) in [5, 5.41) is 0. The molecular weight excluding hydrogens is 330 g/mol. The number of nitrogens with zero attached hydrogens (tertiary/aromatic N) is 3. The first-order valence-corrected chi connectivity index (χ1v) is 9.11. The molecule has 24 heavy (non-hydrogen) atoms. The lowest BCUT2D eigenvalue weighted by atomic mass is 10.1. The van der Waals surface area contributed by atoms with E-state index in [9.17, 15) is 8.42 Å². The van der Waals surface area contributed by atoms with E-state index in [4.69, 9.17) is 9.47 Å². The molecule has 128 valence electrons. The highest BCUT2D eigenvalue weighted by atomic mass is 32.2.